The van der Waals surface area contributed by atoms with Crippen LogP contribution in [0.2, 0.25) is 0 Å². The summed E-state index contributed by atoms with van der Waals surface area (Å²) in [4.78, 5) is 35.9. The summed E-state index contributed by atoms with van der Waals surface area (Å²) in [7, 11) is 0. The predicted molar refractivity (Wildman–Crippen MR) is 108 cm³/mol. The number of rotatable bonds is 7. The number of nitrogens with one attached hydrogen (secondary N) is 1. The Morgan fingerprint density at radius 3 is 2.72 bits per heavy atom. The Bertz CT molecular complexity index is 998. The summed E-state index contributed by atoms with van der Waals surface area (Å²) in [5.41, 5.74) is 0.00611. The third kappa shape index (κ3) is 6.68. The Kier molecular flexibility index (Phi) is 7.84. The number of phenolic OH excluding ortho intramolecular Hbond substituents is 1. The fourth-order valence-corrected chi connectivity index (χ4v) is 2.66. The molecule has 1 heterocycles. The van der Waals surface area contributed by atoms with Crippen LogP contribution in [0.25, 0.3) is 11.0 Å². The van der Waals surface area contributed by atoms with Crippen molar-refractivity contribution >= 4 is 22.8 Å². The van der Waals surface area contributed by atoms with E-state index in [1.807, 2.05) is 13.8 Å². The van der Waals surface area contributed by atoms with Crippen LogP contribution in [-0.2, 0) is 20.7 Å². The zero-order valence-corrected chi connectivity index (χ0v) is 16.8. The monoisotopic (exact) mass is 399 g/mol. The molecule has 1 aromatic carbocycles. The molecule has 0 saturated carbocycles. The van der Waals surface area contributed by atoms with Gasteiger partial charge in [0.05, 0.1) is 6.42 Å². The summed E-state index contributed by atoms with van der Waals surface area (Å²) in [6.07, 6.45) is 0.986. The fraction of sp³-hybridized carbons (Fsp3) is 0.409. The number of hydrogen-bond acceptors (Lipinski definition) is 6. The van der Waals surface area contributed by atoms with Crippen LogP contribution in [0.3, 0.4) is 0 Å². The molecule has 0 saturated heterocycles. The van der Waals surface area contributed by atoms with E-state index < -0.39 is 17.5 Å². The first-order valence-corrected chi connectivity index (χ1v) is 9.47. The number of benzene rings is 1. The Labute approximate surface area is 169 Å². The second-order valence-corrected chi connectivity index (χ2v) is 6.81. The molecule has 1 unspecified atom stereocenters. The van der Waals surface area contributed by atoms with Crippen LogP contribution in [0, 0.1) is 17.8 Å². The van der Waals surface area contributed by atoms with E-state index >= 15 is 0 Å². The van der Waals surface area contributed by atoms with Gasteiger partial charge in [0.25, 0.3) is 0 Å². The largest absolute Gasteiger partial charge is 0.508 e. The summed E-state index contributed by atoms with van der Waals surface area (Å²) in [6, 6.07) is 5.53. The third-order valence-electron chi connectivity index (χ3n) is 4.44. The number of phenols is 1. The smallest absolute Gasteiger partial charge is 0.336 e. The SMILES string of the molecule is CCC#CC[C@H](C)C(C)OC(=O)CNC(=O)Cc1cc(=O)oc2cc(O)ccc12. The van der Waals surface area contributed by atoms with Gasteiger partial charge < -0.3 is 19.6 Å². The van der Waals surface area contributed by atoms with Gasteiger partial charge in [0.2, 0.25) is 5.91 Å². The van der Waals surface area contributed by atoms with Crippen molar-refractivity contribution in [3.8, 4) is 17.6 Å². The van der Waals surface area contributed by atoms with E-state index in [1.165, 1.54) is 18.2 Å². The number of fused-ring (bicyclic) bond motifs is 1. The molecule has 0 radical (unpaired) electrons. The Morgan fingerprint density at radius 2 is 2.00 bits per heavy atom. The van der Waals surface area contributed by atoms with Gasteiger partial charge in [-0.3, -0.25) is 9.59 Å². The maximum atomic E-state index is 12.2. The molecule has 2 aromatic rings. The van der Waals surface area contributed by atoms with E-state index in [4.69, 9.17) is 9.15 Å². The lowest BCUT2D eigenvalue weighted by Crippen LogP contribution is -2.34. The van der Waals surface area contributed by atoms with E-state index in [9.17, 15) is 19.5 Å². The number of carbonyl (C=O) groups excluding carboxylic acids is 2. The molecule has 0 spiro atoms. The minimum Gasteiger partial charge on any atom is -0.508 e. The molecule has 0 aliphatic carbocycles. The van der Waals surface area contributed by atoms with Gasteiger partial charge in [0.15, 0.2) is 0 Å². The molecule has 1 aromatic heterocycles. The van der Waals surface area contributed by atoms with Crippen molar-refractivity contribution in [2.75, 3.05) is 6.54 Å². The summed E-state index contributed by atoms with van der Waals surface area (Å²) < 4.78 is 10.4. The first-order chi connectivity index (χ1) is 13.8. The Morgan fingerprint density at radius 1 is 1.24 bits per heavy atom. The summed E-state index contributed by atoms with van der Waals surface area (Å²) in [6.45, 7) is 5.45. The standard InChI is InChI=1S/C22H25NO6/c1-4-5-6-7-14(2)15(3)28-22(27)13-23-20(25)10-16-11-21(26)29-19-12-17(24)8-9-18(16)19/h8-9,11-12,14-15,24H,4,7,10,13H2,1-3H3,(H,23,25)/t14-,15?/m0/s1. The maximum Gasteiger partial charge on any atom is 0.336 e. The van der Waals surface area contributed by atoms with E-state index in [2.05, 4.69) is 17.2 Å². The minimum absolute atomic E-state index is 0.0472. The highest BCUT2D eigenvalue weighted by molar-refractivity contribution is 5.89. The number of esters is 1. The van der Waals surface area contributed by atoms with Gasteiger partial charge in [-0.2, -0.15) is 0 Å². The zero-order chi connectivity index (χ0) is 21.4. The van der Waals surface area contributed by atoms with Crippen LogP contribution >= 0.6 is 0 Å². The summed E-state index contributed by atoms with van der Waals surface area (Å²) >= 11 is 0. The molecule has 2 atom stereocenters. The van der Waals surface area contributed by atoms with Crippen LogP contribution in [0.15, 0.2) is 33.5 Å². The molecule has 7 heteroatoms. The fourth-order valence-electron chi connectivity index (χ4n) is 2.66. The number of hydrogen-bond donors (Lipinski definition) is 2. The van der Waals surface area contributed by atoms with Gasteiger partial charge in [0.1, 0.15) is 24.0 Å². The molecular weight excluding hydrogens is 374 g/mol. The lowest BCUT2D eigenvalue weighted by molar-refractivity contribution is -0.150. The van der Waals surface area contributed by atoms with Gasteiger partial charge in [-0.15, -0.1) is 11.8 Å². The van der Waals surface area contributed by atoms with Crippen molar-refractivity contribution in [3.63, 3.8) is 0 Å². The molecule has 7 nitrogen and oxygen atoms in total. The zero-order valence-electron chi connectivity index (χ0n) is 16.8. The van der Waals surface area contributed by atoms with Gasteiger partial charge >= 0.3 is 11.6 Å². The van der Waals surface area contributed by atoms with Crippen molar-refractivity contribution in [1.29, 1.82) is 0 Å². The average Bonchev–Trinajstić information content (AvgIpc) is 2.65. The van der Waals surface area contributed by atoms with Crippen LogP contribution in [0.1, 0.15) is 39.2 Å². The number of aromatic hydroxyl groups is 1. The van der Waals surface area contributed by atoms with Crippen molar-refractivity contribution < 1.29 is 23.8 Å². The topological polar surface area (TPSA) is 106 Å². The Hall–Kier alpha value is -3.27. The van der Waals surface area contributed by atoms with Crippen LogP contribution in [-0.4, -0.2) is 29.6 Å². The summed E-state index contributed by atoms with van der Waals surface area (Å²) in [5.74, 6) is 5.07. The van der Waals surface area contributed by atoms with Gasteiger partial charge in [-0.05, 0) is 24.6 Å². The normalized spacial score (nSPS) is 12.5. The van der Waals surface area contributed by atoms with E-state index in [0.29, 0.717) is 17.4 Å². The third-order valence-corrected chi connectivity index (χ3v) is 4.44. The Balaban J connectivity index is 1.91. The van der Waals surface area contributed by atoms with Crippen molar-refractivity contribution in [2.24, 2.45) is 5.92 Å². The molecular formula is C22H25NO6. The van der Waals surface area contributed by atoms with Crippen molar-refractivity contribution in [2.45, 2.75) is 46.1 Å². The lowest BCUT2D eigenvalue weighted by atomic mass is 10.0. The molecule has 2 N–H and O–H groups in total. The van der Waals surface area contributed by atoms with E-state index in [1.54, 1.807) is 13.0 Å². The van der Waals surface area contributed by atoms with Crippen molar-refractivity contribution in [1.82, 2.24) is 5.32 Å². The highest BCUT2D eigenvalue weighted by atomic mass is 16.5. The van der Waals surface area contributed by atoms with Gasteiger partial charge in [0, 0.05) is 36.3 Å². The predicted octanol–water partition coefficient (Wildman–Crippen LogP) is 2.53. The molecule has 0 bridgehead atoms. The highest BCUT2D eigenvalue weighted by Gasteiger charge is 2.17. The summed E-state index contributed by atoms with van der Waals surface area (Å²) in [5, 5.41) is 12.5. The molecule has 0 aliphatic heterocycles. The van der Waals surface area contributed by atoms with E-state index in [0.717, 1.165) is 6.42 Å². The lowest BCUT2D eigenvalue weighted by Gasteiger charge is -2.18. The van der Waals surface area contributed by atoms with Gasteiger partial charge in [-0.1, -0.05) is 13.8 Å². The maximum absolute atomic E-state index is 12.2. The number of amides is 1. The molecule has 1 amide bonds. The van der Waals surface area contributed by atoms with Crippen molar-refractivity contribution in [3.05, 3.63) is 40.2 Å². The molecule has 0 aliphatic rings. The first kappa shape index (κ1) is 22.0. The molecule has 0 fully saturated rings. The minimum atomic E-state index is -0.626. The first-order valence-electron chi connectivity index (χ1n) is 9.47. The molecule has 2 rings (SSSR count). The van der Waals surface area contributed by atoms with Gasteiger partial charge in [-0.25, -0.2) is 4.79 Å². The van der Waals surface area contributed by atoms with Crippen LogP contribution in [0.5, 0.6) is 5.75 Å². The number of carbonyl (C=O) groups is 2. The second kappa shape index (κ2) is 10.3. The van der Waals surface area contributed by atoms with Crippen LogP contribution < -0.4 is 10.9 Å². The second-order valence-electron chi connectivity index (χ2n) is 6.81. The van der Waals surface area contributed by atoms with Crippen LogP contribution in [0.4, 0.5) is 0 Å². The van der Waals surface area contributed by atoms with E-state index in [-0.39, 0.29) is 36.3 Å². The average molecular weight is 399 g/mol. The highest BCUT2D eigenvalue weighted by Crippen LogP contribution is 2.22. The quantitative estimate of drug-likeness (QED) is 0.421. The molecule has 29 heavy (non-hydrogen) atoms. The number of ether oxygens (including phenoxy) is 1. The molecule has 154 valence electrons.